The van der Waals surface area contributed by atoms with Crippen molar-refractivity contribution < 1.29 is 17.5 Å². The van der Waals surface area contributed by atoms with E-state index in [9.17, 15) is 12.8 Å². The highest BCUT2D eigenvalue weighted by Crippen LogP contribution is 2.26. The molecule has 2 aromatic carbocycles. The highest BCUT2D eigenvalue weighted by molar-refractivity contribution is 7.93. The van der Waals surface area contributed by atoms with E-state index in [1.165, 1.54) is 6.07 Å². The van der Waals surface area contributed by atoms with Crippen LogP contribution in [0, 0.1) is 5.82 Å². The summed E-state index contributed by atoms with van der Waals surface area (Å²) in [6.07, 6.45) is 0.137. The Bertz CT molecular complexity index is 954. The van der Waals surface area contributed by atoms with E-state index in [0.29, 0.717) is 36.7 Å². The molecule has 0 aromatic heterocycles. The highest BCUT2D eigenvalue weighted by atomic mass is 32.2. The molecule has 0 spiro atoms. The topological polar surface area (TPSA) is 70.7 Å². The van der Waals surface area contributed by atoms with Gasteiger partial charge < -0.3 is 15.0 Å². The summed E-state index contributed by atoms with van der Waals surface area (Å²) in [5.74, 6) is -0.264. The normalized spacial score (nSPS) is 19.7. The summed E-state index contributed by atoms with van der Waals surface area (Å²) in [7, 11) is -3.36. The molecular weight excluding hydrogens is 405 g/mol. The van der Waals surface area contributed by atoms with E-state index in [1.54, 1.807) is 32.0 Å². The van der Waals surface area contributed by atoms with Crippen molar-refractivity contribution in [3.05, 3.63) is 53.8 Å². The molecule has 0 bridgehead atoms. The van der Waals surface area contributed by atoms with Crippen LogP contribution in [0.5, 0.6) is 0 Å². The van der Waals surface area contributed by atoms with Crippen molar-refractivity contribution in [1.29, 1.82) is 0 Å². The SMILES string of the molecule is CC(C)S(=O)(=O)Nc1ccc(CNc2ccc(N3C[C@@H](C)O[C@@H](C)C3)c(F)c2)cc1. The number of rotatable bonds is 7. The number of halogens is 1. The number of hydrogen-bond donors (Lipinski definition) is 2. The first-order chi connectivity index (χ1) is 14.1. The zero-order valence-corrected chi connectivity index (χ0v) is 18.7. The van der Waals surface area contributed by atoms with E-state index in [0.717, 1.165) is 5.56 Å². The lowest BCUT2D eigenvalue weighted by Gasteiger charge is -2.37. The summed E-state index contributed by atoms with van der Waals surface area (Å²) >= 11 is 0. The minimum absolute atomic E-state index is 0.0685. The molecule has 0 radical (unpaired) electrons. The quantitative estimate of drug-likeness (QED) is 0.682. The van der Waals surface area contributed by atoms with Crippen LogP contribution in [0.15, 0.2) is 42.5 Å². The number of benzene rings is 2. The summed E-state index contributed by atoms with van der Waals surface area (Å²) in [5, 5.41) is 2.71. The maximum atomic E-state index is 14.7. The lowest BCUT2D eigenvalue weighted by atomic mass is 10.1. The molecule has 3 rings (SSSR count). The van der Waals surface area contributed by atoms with Crippen LogP contribution in [-0.4, -0.2) is 39.0 Å². The number of hydrogen-bond acceptors (Lipinski definition) is 5. The Hall–Kier alpha value is -2.32. The van der Waals surface area contributed by atoms with Gasteiger partial charge >= 0.3 is 0 Å². The lowest BCUT2D eigenvalue weighted by molar-refractivity contribution is -0.00539. The summed E-state index contributed by atoms with van der Waals surface area (Å²) in [6, 6.07) is 12.3. The van der Waals surface area contributed by atoms with Crippen molar-refractivity contribution in [2.45, 2.75) is 51.7 Å². The zero-order chi connectivity index (χ0) is 21.9. The number of nitrogens with zero attached hydrogens (tertiary/aromatic N) is 1. The highest BCUT2D eigenvalue weighted by Gasteiger charge is 2.24. The van der Waals surface area contributed by atoms with Gasteiger partial charge in [0.15, 0.2) is 0 Å². The predicted octanol–water partition coefficient (Wildman–Crippen LogP) is 4.20. The fourth-order valence-electron chi connectivity index (χ4n) is 3.42. The molecule has 164 valence electrons. The number of ether oxygens (including phenoxy) is 1. The maximum Gasteiger partial charge on any atom is 0.235 e. The minimum atomic E-state index is -3.36. The van der Waals surface area contributed by atoms with Gasteiger partial charge in [0, 0.05) is 31.0 Å². The van der Waals surface area contributed by atoms with E-state index in [2.05, 4.69) is 10.0 Å². The molecule has 2 N–H and O–H groups in total. The van der Waals surface area contributed by atoms with Gasteiger partial charge in [-0.25, -0.2) is 12.8 Å². The van der Waals surface area contributed by atoms with Crippen molar-refractivity contribution in [2.75, 3.05) is 28.0 Å². The van der Waals surface area contributed by atoms with Crippen molar-refractivity contribution in [2.24, 2.45) is 0 Å². The third-order valence-electron chi connectivity index (χ3n) is 5.04. The Balaban J connectivity index is 1.60. The second-order valence-electron chi connectivity index (χ2n) is 8.07. The molecule has 1 heterocycles. The zero-order valence-electron chi connectivity index (χ0n) is 17.9. The third kappa shape index (κ3) is 5.64. The van der Waals surface area contributed by atoms with Crippen molar-refractivity contribution >= 4 is 27.1 Å². The minimum Gasteiger partial charge on any atom is -0.381 e. The lowest BCUT2D eigenvalue weighted by Crippen LogP contribution is -2.45. The summed E-state index contributed by atoms with van der Waals surface area (Å²) < 4.78 is 46.9. The molecule has 30 heavy (non-hydrogen) atoms. The van der Waals surface area contributed by atoms with Gasteiger partial charge in [0.05, 0.1) is 23.1 Å². The van der Waals surface area contributed by atoms with Crippen LogP contribution in [-0.2, 0) is 21.3 Å². The molecule has 1 fully saturated rings. The van der Waals surface area contributed by atoms with E-state index in [-0.39, 0.29) is 18.0 Å². The number of morpholine rings is 1. The Morgan fingerprint density at radius 3 is 2.23 bits per heavy atom. The molecule has 2 aromatic rings. The summed E-state index contributed by atoms with van der Waals surface area (Å²) in [4.78, 5) is 2.02. The largest absolute Gasteiger partial charge is 0.381 e. The van der Waals surface area contributed by atoms with Crippen molar-refractivity contribution in [3.8, 4) is 0 Å². The van der Waals surface area contributed by atoms with Gasteiger partial charge in [-0.15, -0.1) is 0 Å². The standard InChI is InChI=1S/C22H30FN3O3S/c1-15(2)30(27,28)25-19-7-5-18(6-8-19)12-24-20-9-10-22(21(23)11-20)26-13-16(3)29-17(4)14-26/h5-11,15-17,24-25H,12-14H2,1-4H3/t16-,17+. The van der Waals surface area contributed by atoms with E-state index >= 15 is 0 Å². The number of anilines is 3. The van der Waals surface area contributed by atoms with Gasteiger partial charge in [0.2, 0.25) is 10.0 Å². The second-order valence-corrected chi connectivity index (χ2v) is 10.3. The molecule has 1 saturated heterocycles. The molecule has 0 saturated carbocycles. The molecule has 1 aliphatic heterocycles. The average molecular weight is 436 g/mol. The van der Waals surface area contributed by atoms with Gasteiger partial charge in [0.1, 0.15) is 5.82 Å². The monoisotopic (exact) mass is 435 g/mol. The third-order valence-corrected chi connectivity index (χ3v) is 6.80. The maximum absolute atomic E-state index is 14.7. The van der Waals surface area contributed by atoms with Crippen LogP contribution < -0.4 is 14.9 Å². The van der Waals surface area contributed by atoms with Crippen LogP contribution in [0.2, 0.25) is 0 Å². The summed E-state index contributed by atoms with van der Waals surface area (Å²) in [6.45, 7) is 9.09. The molecular formula is C22H30FN3O3S. The molecule has 8 heteroatoms. The fourth-order valence-corrected chi connectivity index (χ4v) is 4.13. The van der Waals surface area contributed by atoms with E-state index in [4.69, 9.17) is 4.74 Å². The van der Waals surface area contributed by atoms with Gasteiger partial charge in [0.25, 0.3) is 0 Å². The molecule has 6 nitrogen and oxygen atoms in total. The van der Waals surface area contributed by atoms with Gasteiger partial charge in [-0.05, 0) is 63.6 Å². The number of nitrogens with one attached hydrogen (secondary N) is 2. The Labute approximate surface area is 178 Å². The Kier molecular flexibility index (Phi) is 6.88. The first kappa shape index (κ1) is 22.4. The smallest absolute Gasteiger partial charge is 0.235 e. The van der Waals surface area contributed by atoms with Gasteiger partial charge in [-0.2, -0.15) is 0 Å². The Morgan fingerprint density at radius 2 is 1.67 bits per heavy atom. The predicted molar refractivity (Wildman–Crippen MR) is 120 cm³/mol. The fraction of sp³-hybridized carbons (Fsp3) is 0.455. The van der Waals surface area contributed by atoms with Crippen LogP contribution in [0.1, 0.15) is 33.3 Å². The first-order valence-electron chi connectivity index (χ1n) is 10.2. The Morgan fingerprint density at radius 1 is 1.07 bits per heavy atom. The first-order valence-corrected chi connectivity index (χ1v) is 11.7. The molecule has 0 aliphatic carbocycles. The number of sulfonamides is 1. The van der Waals surface area contributed by atoms with Crippen molar-refractivity contribution in [1.82, 2.24) is 0 Å². The van der Waals surface area contributed by atoms with Crippen LogP contribution in [0.4, 0.5) is 21.5 Å². The molecule has 1 aliphatic rings. The van der Waals surface area contributed by atoms with E-state index in [1.807, 2.05) is 36.9 Å². The molecule has 0 unspecified atom stereocenters. The molecule has 2 atom stereocenters. The average Bonchev–Trinajstić information content (AvgIpc) is 2.66. The van der Waals surface area contributed by atoms with E-state index < -0.39 is 15.3 Å². The van der Waals surface area contributed by atoms with Crippen LogP contribution >= 0.6 is 0 Å². The van der Waals surface area contributed by atoms with Crippen LogP contribution in [0.25, 0.3) is 0 Å². The molecule has 0 amide bonds. The van der Waals surface area contributed by atoms with Gasteiger partial charge in [-0.3, -0.25) is 4.72 Å². The van der Waals surface area contributed by atoms with Crippen LogP contribution in [0.3, 0.4) is 0 Å². The summed E-state index contributed by atoms with van der Waals surface area (Å²) in [5.41, 5.74) is 2.76. The van der Waals surface area contributed by atoms with Gasteiger partial charge in [-0.1, -0.05) is 12.1 Å². The second kappa shape index (κ2) is 9.22. The van der Waals surface area contributed by atoms with Crippen molar-refractivity contribution in [3.63, 3.8) is 0 Å².